The molecular weight excluding hydrogens is 345 g/mol. The SMILES string of the molecule is CC(C)(C)OC(=O)N1CCC(N=CC(=CN)B2OC(C)(C)C(C)(C)O2)CC1. The Kier molecular flexibility index (Phi) is 6.31. The van der Waals surface area contributed by atoms with Crippen LogP contribution >= 0.6 is 0 Å². The highest BCUT2D eigenvalue weighted by Crippen LogP contribution is 2.38. The van der Waals surface area contributed by atoms with Crippen molar-refractivity contribution < 1.29 is 18.8 Å². The first-order chi connectivity index (χ1) is 12.3. The van der Waals surface area contributed by atoms with Crippen molar-refractivity contribution in [3.63, 3.8) is 0 Å². The number of carbonyl (C=O) groups is 1. The number of ether oxygens (including phenoxy) is 1. The quantitative estimate of drug-likeness (QED) is 0.602. The summed E-state index contributed by atoms with van der Waals surface area (Å²) in [5.41, 5.74) is 5.18. The van der Waals surface area contributed by atoms with Gasteiger partial charge in [0.15, 0.2) is 0 Å². The molecule has 2 N–H and O–H groups in total. The highest BCUT2D eigenvalue weighted by Gasteiger charge is 2.52. The van der Waals surface area contributed by atoms with Crippen LogP contribution in [0.3, 0.4) is 0 Å². The van der Waals surface area contributed by atoms with Gasteiger partial charge in [-0.05, 0) is 67.5 Å². The maximum absolute atomic E-state index is 12.1. The Morgan fingerprint density at radius 3 is 2.15 bits per heavy atom. The van der Waals surface area contributed by atoms with Gasteiger partial charge < -0.3 is 24.7 Å². The lowest BCUT2D eigenvalue weighted by Gasteiger charge is -2.32. The van der Waals surface area contributed by atoms with Gasteiger partial charge >= 0.3 is 13.2 Å². The fourth-order valence-electron chi connectivity index (χ4n) is 2.88. The largest absolute Gasteiger partial charge is 0.497 e. The van der Waals surface area contributed by atoms with E-state index < -0.39 is 23.9 Å². The summed E-state index contributed by atoms with van der Waals surface area (Å²) in [6.07, 6.45) is 4.55. The van der Waals surface area contributed by atoms with Gasteiger partial charge in [-0.25, -0.2) is 4.79 Å². The van der Waals surface area contributed by atoms with E-state index in [0.29, 0.717) is 18.6 Å². The number of aliphatic imine (C=N–C) groups is 1. The van der Waals surface area contributed by atoms with E-state index in [2.05, 4.69) is 4.99 Å². The van der Waals surface area contributed by atoms with Crippen molar-refractivity contribution in [2.45, 2.75) is 84.2 Å². The first-order valence-corrected chi connectivity index (χ1v) is 9.63. The third-order valence-electron chi connectivity index (χ3n) is 5.27. The molecule has 2 aliphatic heterocycles. The number of amides is 1. The topological polar surface area (TPSA) is 86.4 Å². The van der Waals surface area contributed by atoms with Crippen molar-refractivity contribution in [1.29, 1.82) is 0 Å². The highest BCUT2D eigenvalue weighted by atomic mass is 16.7. The van der Waals surface area contributed by atoms with Crippen molar-refractivity contribution >= 4 is 19.4 Å². The summed E-state index contributed by atoms with van der Waals surface area (Å²) in [5, 5.41) is 0. The minimum atomic E-state index is -0.523. The molecule has 0 saturated carbocycles. The first kappa shape index (κ1) is 21.8. The van der Waals surface area contributed by atoms with E-state index in [1.807, 2.05) is 48.5 Å². The summed E-state index contributed by atoms with van der Waals surface area (Å²) in [5.74, 6) is 0. The van der Waals surface area contributed by atoms with E-state index in [4.69, 9.17) is 19.8 Å². The molecular formula is C19H34BN3O4. The van der Waals surface area contributed by atoms with Crippen LogP contribution in [0.2, 0.25) is 0 Å². The van der Waals surface area contributed by atoms with Crippen molar-refractivity contribution in [2.24, 2.45) is 10.7 Å². The number of likely N-dealkylation sites (tertiary alicyclic amines) is 1. The number of hydrogen-bond donors (Lipinski definition) is 1. The number of nitrogens with two attached hydrogens (primary N) is 1. The van der Waals surface area contributed by atoms with Crippen LogP contribution in [0.15, 0.2) is 16.7 Å². The molecule has 2 heterocycles. The van der Waals surface area contributed by atoms with Gasteiger partial charge in [0, 0.05) is 24.8 Å². The van der Waals surface area contributed by atoms with Crippen molar-refractivity contribution in [3.05, 3.63) is 11.7 Å². The van der Waals surface area contributed by atoms with Crippen LogP contribution in [0, 0.1) is 0 Å². The third kappa shape index (κ3) is 5.48. The Balaban J connectivity index is 1.89. The number of carbonyl (C=O) groups excluding carboxylic acids is 1. The molecule has 0 atom stereocenters. The molecule has 0 aliphatic carbocycles. The van der Waals surface area contributed by atoms with Crippen LogP contribution in [0.4, 0.5) is 4.79 Å². The van der Waals surface area contributed by atoms with E-state index in [1.165, 1.54) is 6.20 Å². The van der Waals surface area contributed by atoms with Gasteiger partial charge in [-0.3, -0.25) is 4.99 Å². The van der Waals surface area contributed by atoms with Crippen molar-refractivity contribution in [1.82, 2.24) is 4.90 Å². The Morgan fingerprint density at radius 2 is 1.70 bits per heavy atom. The van der Waals surface area contributed by atoms with E-state index in [0.717, 1.165) is 12.8 Å². The summed E-state index contributed by atoms with van der Waals surface area (Å²) < 4.78 is 17.5. The van der Waals surface area contributed by atoms with Gasteiger partial charge in [-0.15, -0.1) is 0 Å². The zero-order valence-corrected chi connectivity index (χ0v) is 17.7. The standard InChI is InChI=1S/C19H34BN3O4/c1-17(2,3)25-16(24)23-10-8-15(9-11-23)22-13-14(12-21)20-26-18(4,5)19(6,7)27-20/h12-13,15H,8-11,21H2,1-7H3. The Bertz CT molecular complexity index is 587. The Hall–Kier alpha value is -1.54. The monoisotopic (exact) mass is 379 g/mol. The highest BCUT2D eigenvalue weighted by molar-refractivity contribution is 6.60. The molecule has 27 heavy (non-hydrogen) atoms. The third-order valence-corrected chi connectivity index (χ3v) is 5.27. The average molecular weight is 379 g/mol. The molecule has 2 fully saturated rings. The van der Waals surface area contributed by atoms with Gasteiger partial charge in [0.1, 0.15) is 5.60 Å². The zero-order valence-electron chi connectivity index (χ0n) is 17.7. The molecule has 7 nitrogen and oxygen atoms in total. The lowest BCUT2D eigenvalue weighted by Crippen LogP contribution is -2.42. The summed E-state index contributed by atoms with van der Waals surface area (Å²) in [6, 6.07) is 0.140. The van der Waals surface area contributed by atoms with E-state index in [-0.39, 0.29) is 12.1 Å². The number of allylic oxidation sites excluding steroid dienone is 1. The molecule has 8 heteroatoms. The average Bonchev–Trinajstić information content (AvgIpc) is 2.74. The Labute approximate surface area is 163 Å². The van der Waals surface area contributed by atoms with Gasteiger partial charge in [-0.2, -0.15) is 0 Å². The minimum absolute atomic E-state index is 0.140. The molecule has 0 radical (unpaired) electrons. The smallest absolute Gasteiger partial charge is 0.444 e. The predicted octanol–water partition coefficient (Wildman–Crippen LogP) is 2.93. The zero-order chi connectivity index (χ0) is 20.5. The van der Waals surface area contributed by atoms with E-state index >= 15 is 0 Å². The molecule has 2 aliphatic rings. The molecule has 0 bridgehead atoms. The number of hydrogen-bond acceptors (Lipinski definition) is 6. The summed E-state index contributed by atoms with van der Waals surface area (Å²) in [6.45, 7) is 14.9. The van der Waals surface area contributed by atoms with Crippen molar-refractivity contribution in [3.8, 4) is 0 Å². The fourth-order valence-corrected chi connectivity index (χ4v) is 2.88. The normalized spacial score (nSPS) is 23.9. The van der Waals surface area contributed by atoms with Gasteiger partial charge in [0.25, 0.3) is 0 Å². The van der Waals surface area contributed by atoms with Crippen LogP contribution in [0.1, 0.15) is 61.3 Å². The lowest BCUT2D eigenvalue weighted by molar-refractivity contribution is 0.00578. The molecule has 1 amide bonds. The van der Waals surface area contributed by atoms with Crippen LogP contribution < -0.4 is 5.73 Å². The minimum Gasteiger partial charge on any atom is -0.444 e. The first-order valence-electron chi connectivity index (χ1n) is 9.63. The summed E-state index contributed by atoms with van der Waals surface area (Å²) in [4.78, 5) is 18.5. The summed E-state index contributed by atoms with van der Waals surface area (Å²) >= 11 is 0. The fraction of sp³-hybridized carbons (Fsp3) is 0.789. The van der Waals surface area contributed by atoms with Crippen LogP contribution in [-0.4, -0.2) is 60.3 Å². The Morgan fingerprint density at radius 1 is 1.19 bits per heavy atom. The van der Waals surface area contributed by atoms with Gasteiger partial charge in [0.2, 0.25) is 0 Å². The molecule has 0 spiro atoms. The predicted molar refractivity (Wildman–Crippen MR) is 108 cm³/mol. The van der Waals surface area contributed by atoms with E-state index in [1.54, 1.807) is 11.1 Å². The van der Waals surface area contributed by atoms with Crippen molar-refractivity contribution in [2.75, 3.05) is 13.1 Å². The number of rotatable bonds is 3. The maximum atomic E-state index is 12.1. The van der Waals surface area contributed by atoms with Gasteiger partial charge in [0.05, 0.1) is 17.2 Å². The molecule has 2 rings (SSSR count). The number of piperidine rings is 1. The second kappa shape index (κ2) is 7.83. The van der Waals surface area contributed by atoms with Crippen LogP contribution in [0.25, 0.3) is 0 Å². The van der Waals surface area contributed by atoms with Gasteiger partial charge in [-0.1, -0.05) is 0 Å². The van der Waals surface area contributed by atoms with E-state index in [9.17, 15) is 4.79 Å². The summed E-state index contributed by atoms with van der Waals surface area (Å²) in [7, 11) is -0.523. The molecule has 0 unspecified atom stereocenters. The lowest BCUT2D eigenvalue weighted by atomic mass is 9.79. The van der Waals surface area contributed by atoms with Crippen LogP contribution in [0.5, 0.6) is 0 Å². The van der Waals surface area contributed by atoms with Crippen LogP contribution in [-0.2, 0) is 14.0 Å². The number of nitrogens with zero attached hydrogens (tertiary/aromatic N) is 2. The molecule has 0 aromatic heterocycles. The molecule has 0 aromatic carbocycles. The second-order valence-corrected chi connectivity index (χ2v) is 9.23. The second-order valence-electron chi connectivity index (χ2n) is 9.23. The molecule has 152 valence electrons. The molecule has 2 saturated heterocycles. The molecule has 0 aromatic rings. The maximum Gasteiger partial charge on any atom is 0.497 e.